The van der Waals surface area contributed by atoms with Crippen LogP contribution in [0, 0.1) is 23.7 Å². The summed E-state index contributed by atoms with van der Waals surface area (Å²) in [5.74, 6) is -18.8. The normalized spacial score (nSPS) is 16.7. The van der Waals surface area contributed by atoms with Crippen molar-refractivity contribution in [3.05, 3.63) is 83.9 Å². The number of phenolic OH excluding ortho intramolecular Hbond substituents is 1. The molecule has 1 aliphatic heterocycles. The maximum Gasteiger partial charge on any atom is 0.328 e. The maximum absolute atomic E-state index is 14.4. The van der Waals surface area contributed by atoms with Crippen LogP contribution >= 0.6 is 0 Å². The lowest BCUT2D eigenvalue weighted by molar-refractivity contribution is -0.146. The number of benzene rings is 2. The minimum absolute atomic E-state index is 0.00921. The van der Waals surface area contributed by atoms with Gasteiger partial charge in [0, 0.05) is 37.8 Å². The van der Waals surface area contributed by atoms with E-state index in [-0.39, 0.29) is 101 Å². The fraction of sp³-hybridized carbons (Fsp3) is 0.595. The van der Waals surface area contributed by atoms with Crippen molar-refractivity contribution in [2.24, 2.45) is 45.9 Å². The Morgan fingerprint density at radius 1 is 0.537 bits per heavy atom. The molecule has 42 nitrogen and oxygen atoms in total. The van der Waals surface area contributed by atoms with Crippen molar-refractivity contribution in [3.63, 3.8) is 0 Å². The topological polar surface area (TPSA) is 673 Å². The molecule has 0 aliphatic carbocycles. The highest BCUT2D eigenvalue weighted by Gasteiger charge is 2.43. The molecular weight excluding hydrogens is 1580 g/mol. The summed E-state index contributed by atoms with van der Waals surface area (Å²) in [4.78, 5) is 233. The smallest absolute Gasteiger partial charge is 0.328 e. The average Bonchev–Trinajstić information content (AvgIpc) is 1.73. The second kappa shape index (κ2) is 50.2. The number of hydrogen-bond donors (Lipinski definition) is 23. The number of carbonyl (C=O) groups is 16. The highest BCUT2D eigenvalue weighted by molar-refractivity contribution is 6.01. The predicted molar refractivity (Wildman–Crippen MR) is 437 cm³/mol. The van der Waals surface area contributed by atoms with Crippen LogP contribution in [-0.2, 0) is 96.0 Å². The fourth-order valence-corrected chi connectivity index (χ4v) is 12.9. The van der Waals surface area contributed by atoms with Crippen LogP contribution in [0.4, 0.5) is 0 Å². The largest absolute Gasteiger partial charge is 0.508 e. The van der Waals surface area contributed by atoms with Gasteiger partial charge in [-0.2, -0.15) is 0 Å². The third-order valence-corrected chi connectivity index (χ3v) is 20.1. The van der Waals surface area contributed by atoms with Crippen LogP contribution in [0.5, 0.6) is 5.75 Å². The number of carboxylic acids is 2. The molecule has 1 aliphatic rings. The van der Waals surface area contributed by atoms with Crippen LogP contribution in [-0.4, -0.2) is 269 Å². The van der Waals surface area contributed by atoms with Crippen molar-refractivity contribution in [3.8, 4) is 5.75 Å². The first-order valence-corrected chi connectivity index (χ1v) is 40.2. The Morgan fingerprint density at radius 2 is 1.02 bits per heavy atom. The van der Waals surface area contributed by atoms with Crippen molar-refractivity contribution in [2.45, 2.75) is 250 Å². The summed E-state index contributed by atoms with van der Waals surface area (Å²) < 4.78 is 0. The van der Waals surface area contributed by atoms with Gasteiger partial charge >= 0.3 is 11.9 Å². The number of aliphatic carboxylic acids is 2. The van der Waals surface area contributed by atoms with E-state index in [1.807, 2.05) is 0 Å². The Kier molecular flexibility index (Phi) is 42.1. The predicted octanol–water partition coefficient (Wildman–Crippen LogP) is -5.03. The van der Waals surface area contributed by atoms with E-state index in [0.717, 1.165) is 18.7 Å². The van der Waals surface area contributed by atoms with Crippen LogP contribution < -0.4 is 86.3 Å². The second-order valence-corrected chi connectivity index (χ2v) is 31.1. The van der Waals surface area contributed by atoms with Gasteiger partial charge in [0.1, 0.15) is 78.3 Å². The number of carbonyl (C=O) groups excluding carboxylic acids is 14. The first-order chi connectivity index (χ1) is 57.0. The van der Waals surface area contributed by atoms with Crippen molar-refractivity contribution in [1.29, 1.82) is 0 Å². The number of amides is 14. The summed E-state index contributed by atoms with van der Waals surface area (Å²) in [6, 6.07) is -6.62. The number of aliphatic hydroxyl groups is 3. The SMILES string of the molecule is CC[C@H](C)[C@H](NC(=O)[C@H](CC(C)C)NC(=O)[C@H](Cc1cnc[nH]1)NC(=O)[C@H](C)NC(=O)[C@H](CC(C)C)NC(=O)[C@H](CC(=O)O)NC(=O)CNC(=O)[C@H](CCCN=C(N)N)NC(=O)[C@@H]1CCCN1C(=O)[C@H](CO)NC(=O)[C@H](Cc1ccccc1)NC(=O)[C@@H](NC(=O)[C@@H](N)Cc1ccc(O)cc1)[C@@H](C)CC)C(=O)N[C@H](C(=O)N[C@H](C(=O)O)[C@@H](C)O)[C@@H](C)O. The molecule has 14 amide bonds. The number of aliphatic hydroxyl groups excluding tert-OH is 3. The molecule has 1 fully saturated rings. The molecule has 18 atom stereocenters. The first kappa shape index (κ1) is 101. The number of aromatic hydroxyl groups is 1. The Labute approximate surface area is 700 Å². The van der Waals surface area contributed by atoms with Gasteiger partial charge in [-0.1, -0.05) is 111 Å². The highest BCUT2D eigenvalue weighted by Crippen LogP contribution is 2.22. The molecule has 0 radical (unpaired) electrons. The van der Waals surface area contributed by atoms with E-state index in [9.17, 15) is 107 Å². The second-order valence-electron chi connectivity index (χ2n) is 31.1. The molecule has 0 bridgehead atoms. The average molecular weight is 1700 g/mol. The molecule has 121 heavy (non-hydrogen) atoms. The Balaban J connectivity index is 1.48. The number of hydrogen-bond acceptors (Lipinski definition) is 23. The summed E-state index contributed by atoms with van der Waals surface area (Å²) in [6.45, 7) is 15.0. The zero-order valence-electron chi connectivity index (χ0n) is 70.0. The number of phenols is 1. The van der Waals surface area contributed by atoms with Crippen molar-refractivity contribution >= 4 is 101 Å². The minimum Gasteiger partial charge on any atom is -0.508 e. The number of nitrogens with one attached hydrogen (secondary N) is 14. The number of carboxylic acid groups (broad SMARTS) is 2. The minimum atomic E-state index is -1.93. The number of nitrogens with zero attached hydrogens (tertiary/aromatic N) is 3. The quantitative estimate of drug-likeness (QED) is 0.0143. The third kappa shape index (κ3) is 34.0. The number of likely N-dealkylation sites (tertiary alicyclic amines) is 1. The molecule has 670 valence electrons. The Hall–Kier alpha value is -11.9. The van der Waals surface area contributed by atoms with Gasteiger partial charge in [-0.3, -0.25) is 76.9 Å². The van der Waals surface area contributed by atoms with Gasteiger partial charge in [-0.15, -0.1) is 0 Å². The first-order valence-electron chi connectivity index (χ1n) is 40.2. The van der Waals surface area contributed by atoms with Gasteiger partial charge in [0.05, 0.1) is 44.1 Å². The molecule has 1 saturated heterocycles. The van der Waals surface area contributed by atoms with E-state index in [2.05, 4.69) is 84.1 Å². The molecule has 42 heteroatoms. The van der Waals surface area contributed by atoms with Gasteiger partial charge in [0.15, 0.2) is 12.0 Å². The van der Waals surface area contributed by atoms with Gasteiger partial charge in [-0.05, 0) is 113 Å². The van der Waals surface area contributed by atoms with Crippen molar-refractivity contribution < 1.29 is 107 Å². The van der Waals surface area contributed by atoms with E-state index in [1.54, 1.807) is 97.9 Å². The van der Waals surface area contributed by atoms with E-state index in [1.165, 1.54) is 31.6 Å². The summed E-state index contributed by atoms with van der Waals surface area (Å²) in [7, 11) is 0. The summed E-state index contributed by atoms with van der Waals surface area (Å²) in [5.41, 5.74) is 18.9. The van der Waals surface area contributed by atoms with Gasteiger partial charge in [0.2, 0.25) is 82.7 Å². The molecule has 26 N–H and O–H groups in total. The molecule has 3 aromatic rings. The number of guanidine groups is 1. The number of aromatic nitrogens is 2. The molecule has 2 heterocycles. The van der Waals surface area contributed by atoms with Crippen LogP contribution in [0.1, 0.15) is 151 Å². The lowest BCUT2D eigenvalue weighted by atomic mass is 9.96. The zero-order valence-corrected chi connectivity index (χ0v) is 70.0. The van der Waals surface area contributed by atoms with Gasteiger partial charge in [-0.25, -0.2) is 9.78 Å². The Bertz CT molecular complexity index is 4020. The van der Waals surface area contributed by atoms with E-state index in [4.69, 9.17) is 17.2 Å². The molecule has 0 unspecified atom stereocenters. The molecule has 4 rings (SSSR count). The lowest BCUT2D eigenvalue weighted by Gasteiger charge is -2.30. The zero-order chi connectivity index (χ0) is 90.7. The van der Waals surface area contributed by atoms with E-state index >= 15 is 0 Å². The number of H-pyrrole nitrogens is 1. The summed E-state index contributed by atoms with van der Waals surface area (Å²) in [6.07, 6.45) is -1.42. The van der Waals surface area contributed by atoms with Crippen molar-refractivity contribution in [2.75, 3.05) is 26.2 Å². The van der Waals surface area contributed by atoms with Crippen LogP contribution in [0.3, 0.4) is 0 Å². The number of rotatable bonds is 51. The molecule has 2 aromatic carbocycles. The number of aromatic amines is 1. The highest BCUT2D eigenvalue weighted by atomic mass is 16.4. The third-order valence-electron chi connectivity index (χ3n) is 20.1. The van der Waals surface area contributed by atoms with Crippen LogP contribution in [0.2, 0.25) is 0 Å². The molecule has 1 aromatic heterocycles. The standard InChI is InChI=1S/C79H122N20O22/c1-12-41(7)61(95-66(108)50(80)31-47-23-25-49(103)26-24-47)74(116)93-54(32-46-19-15-14-16-20-46)69(111)94-57(37-100)77(119)99-28-18-22-58(99)73(115)89-51(21-17-27-84-79(81)82)67(109)85-36-59(104)88-56(34-60(105)106)71(113)91-52(29-39(3)4)68(110)87-43(9)65(107)90-55(33-48-35-83-38-86-48)70(112)92-53(30-40(5)6)72(114)96-62(42(8)13-2)75(117)97-63(44(10)101)76(118)98-64(45(11)102)78(120)121/h14-16,19-20,23-26,35,38-45,50-58,61-64,100-103H,12-13,17-18,21-22,27-34,36-37,80H2,1-11H3,(H,83,86)(H,85,109)(H,87,110)(H,88,104)(H,89,115)(H,90,107)(H,91,113)(H,92,112)(H,93,116)(H,94,111)(H,95,108)(H,96,114)(H,97,117)(H,98,118)(H,105,106)(H,120,121)(H4,81,82,84)/t41-,42-,43-,44+,45+,50-,51-,52-,53-,54-,55-,56-,57-,58-,61-,62-,63-,64-/m0/s1. The number of imidazole rings is 1. The number of aliphatic imine (C=N–C) groups is 1. The van der Waals surface area contributed by atoms with Gasteiger partial charge in [0.25, 0.3) is 0 Å². The Morgan fingerprint density at radius 3 is 1.55 bits per heavy atom. The molecule has 0 saturated carbocycles. The lowest BCUT2D eigenvalue weighted by Crippen LogP contribution is -2.62. The molecule has 0 spiro atoms. The monoisotopic (exact) mass is 1700 g/mol. The summed E-state index contributed by atoms with van der Waals surface area (Å²) >= 11 is 0. The van der Waals surface area contributed by atoms with Crippen LogP contribution in [0.15, 0.2) is 72.1 Å². The fourth-order valence-electron chi connectivity index (χ4n) is 12.9. The maximum atomic E-state index is 14.4. The number of nitrogens with two attached hydrogens (primary N) is 3. The van der Waals surface area contributed by atoms with Gasteiger partial charge < -0.3 is 127 Å². The van der Waals surface area contributed by atoms with Crippen LogP contribution in [0.25, 0.3) is 0 Å². The van der Waals surface area contributed by atoms with E-state index in [0.29, 0.717) is 23.2 Å². The van der Waals surface area contributed by atoms with Crippen molar-refractivity contribution in [1.82, 2.24) is 84.0 Å². The van der Waals surface area contributed by atoms with E-state index < -0.39 is 223 Å². The molecular formula is C79H122N20O22. The summed E-state index contributed by atoms with van der Waals surface area (Å²) in [5, 5.41) is 92.7.